The number of hydrogen-bond donors (Lipinski definition) is 2. The van der Waals surface area contributed by atoms with Crippen molar-refractivity contribution < 1.29 is 19.1 Å². The van der Waals surface area contributed by atoms with Gasteiger partial charge in [0.15, 0.2) is 6.10 Å². The average molecular weight is 370 g/mol. The Morgan fingerprint density at radius 1 is 1.04 bits per heavy atom. The lowest BCUT2D eigenvalue weighted by molar-refractivity contribution is -0.122. The Kier molecular flexibility index (Phi) is 8.32. The molecule has 0 spiro atoms. The predicted octanol–water partition coefficient (Wildman–Crippen LogP) is 3.25. The van der Waals surface area contributed by atoms with Crippen LogP contribution >= 0.6 is 0 Å². The summed E-state index contributed by atoms with van der Waals surface area (Å²) in [6.07, 6.45) is 0.580. The number of carbonyl (C=O) groups is 2. The molecule has 6 heteroatoms. The van der Waals surface area contributed by atoms with Crippen molar-refractivity contribution in [3.63, 3.8) is 0 Å². The molecule has 27 heavy (non-hydrogen) atoms. The SMILES string of the molecule is CC[C@H](Oc1ccccc1)C(=O)Nc1ccccc1C(=O)NCCCOC. The Balaban J connectivity index is 2.02. The molecule has 0 unspecified atom stereocenters. The molecule has 2 rings (SSSR count). The van der Waals surface area contributed by atoms with Gasteiger partial charge in [0.05, 0.1) is 11.3 Å². The van der Waals surface area contributed by atoms with Gasteiger partial charge < -0.3 is 20.1 Å². The summed E-state index contributed by atoms with van der Waals surface area (Å²) >= 11 is 0. The van der Waals surface area contributed by atoms with E-state index in [1.165, 1.54) is 0 Å². The number of benzene rings is 2. The first kappa shape index (κ1) is 20.5. The largest absolute Gasteiger partial charge is 0.481 e. The monoisotopic (exact) mass is 370 g/mol. The molecule has 0 fully saturated rings. The van der Waals surface area contributed by atoms with Crippen molar-refractivity contribution in [2.24, 2.45) is 0 Å². The molecule has 0 radical (unpaired) electrons. The van der Waals surface area contributed by atoms with Crippen molar-refractivity contribution in [1.29, 1.82) is 0 Å². The number of hydrogen-bond acceptors (Lipinski definition) is 4. The Hall–Kier alpha value is -2.86. The molecule has 6 nitrogen and oxygen atoms in total. The van der Waals surface area contributed by atoms with Gasteiger partial charge in [-0.2, -0.15) is 0 Å². The number of amides is 2. The molecular weight excluding hydrogens is 344 g/mol. The number of para-hydroxylation sites is 2. The van der Waals surface area contributed by atoms with E-state index in [0.29, 0.717) is 36.6 Å². The first-order valence-corrected chi connectivity index (χ1v) is 9.04. The molecule has 0 aliphatic carbocycles. The molecule has 2 aromatic carbocycles. The number of nitrogens with one attached hydrogen (secondary N) is 2. The Morgan fingerprint density at radius 2 is 1.74 bits per heavy atom. The third kappa shape index (κ3) is 6.42. The van der Waals surface area contributed by atoms with Gasteiger partial charge >= 0.3 is 0 Å². The van der Waals surface area contributed by atoms with Crippen molar-refractivity contribution in [1.82, 2.24) is 5.32 Å². The van der Waals surface area contributed by atoms with Crippen LogP contribution < -0.4 is 15.4 Å². The third-order valence-electron chi connectivity index (χ3n) is 3.93. The smallest absolute Gasteiger partial charge is 0.265 e. The van der Waals surface area contributed by atoms with Crippen LogP contribution in [0.4, 0.5) is 5.69 Å². The number of carbonyl (C=O) groups excluding carboxylic acids is 2. The number of ether oxygens (including phenoxy) is 2. The van der Waals surface area contributed by atoms with Crippen LogP contribution in [0.25, 0.3) is 0 Å². The van der Waals surface area contributed by atoms with E-state index in [4.69, 9.17) is 9.47 Å². The van der Waals surface area contributed by atoms with Crippen molar-refractivity contribution >= 4 is 17.5 Å². The Bertz CT molecular complexity index is 734. The second kappa shape index (κ2) is 11.0. The highest BCUT2D eigenvalue weighted by atomic mass is 16.5. The standard InChI is InChI=1S/C21H26N2O4/c1-3-19(27-16-10-5-4-6-11-16)21(25)23-18-13-8-7-12-17(18)20(24)22-14-9-15-26-2/h4-8,10-13,19H,3,9,14-15H2,1-2H3,(H,22,24)(H,23,25)/t19-/m0/s1. The van der Waals surface area contributed by atoms with Gasteiger partial charge in [-0.05, 0) is 37.1 Å². The normalized spacial score (nSPS) is 11.5. The van der Waals surface area contributed by atoms with E-state index < -0.39 is 6.10 Å². The molecule has 0 aliphatic rings. The predicted molar refractivity (Wildman–Crippen MR) is 105 cm³/mol. The summed E-state index contributed by atoms with van der Waals surface area (Å²) in [5.41, 5.74) is 0.875. The summed E-state index contributed by atoms with van der Waals surface area (Å²) in [5.74, 6) is 0.101. The molecule has 2 amide bonds. The summed E-state index contributed by atoms with van der Waals surface area (Å²) in [4.78, 5) is 25.0. The fourth-order valence-corrected chi connectivity index (χ4v) is 2.50. The minimum atomic E-state index is -0.648. The molecule has 2 N–H and O–H groups in total. The van der Waals surface area contributed by atoms with Gasteiger partial charge in [0.2, 0.25) is 0 Å². The molecule has 2 aromatic rings. The number of anilines is 1. The molecular formula is C21H26N2O4. The number of rotatable bonds is 10. The van der Waals surface area contributed by atoms with Crippen LogP contribution in [0.1, 0.15) is 30.1 Å². The maximum atomic E-state index is 12.6. The first-order chi connectivity index (χ1) is 13.2. The lowest BCUT2D eigenvalue weighted by Crippen LogP contribution is -2.33. The summed E-state index contributed by atoms with van der Waals surface area (Å²) in [6.45, 7) is 2.96. The van der Waals surface area contributed by atoms with E-state index in [-0.39, 0.29) is 11.8 Å². The van der Waals surface area contributed by atoms with E-state index in [1.807, 2.05) is 25.1 Å². The highest BCUT2D eigenvalue weighted by molar-refractivity contribution is 6.04. The molecule has 0 aliphatic heterocycles. The second-order valence-corrected chi connectivity index (χ2v) is 5.96. The lowest BCUT2D eigenvalue weighted by Gasteiger charge is -2.18. The molecule has 0 aromatic heterocycles. The van der Waals surface area contributed by atoms with Gasteiger partial charge in [-0.3, -0.25) is 9.59 Å². The third-order valence-corrected chi connectivity index (χ3v) is 3.93. The van der Waals surface area contributed by atoms with Gasteiger partial charge in [-0.25, -0.2) is 0 Å². The van der Waals surface area contributed by atoms with Gasteiger partial charge in [-0.15, -0.1) is 0 Å². The van der Waals surface area contributed by atoms with Crippen LogP contribution in [0.5, 0.6) is 5.75 Å². The summed E-state index contributed by atoms with van der Waals surface area (Å²) < 4.78 is 10.7. The maximum Gasteiger partial charge on any atom is 0.265 e. The van der Waals surface area contributed by atoms with Gasteiger partial charge in [0.1, 0.15) is 5.75 Å². The van der Waals surface area contributed by atoms with Crippen LogP contribution in [0.2, 0.25) is 0 Å². The topological polar surface area (TPSA) is 76.7 Å². The molecule has 0 heterocycles. The van der Waals surface area contributed by atoms with Crippen LogP contribution in [-0.4, -0.2) is 38.2 Å². The first-order valence-electron chi connectivity index (χ1n) is 9.04. The quantitative estimate of drug-likeness (QED) is 0.630. The van der Waals surface area contributed by atoms with Crippen LogP contribution in [0, 0.1) is 0 Å². The van der Waals surface area contributed by atoms with Gasteiger partial charge in [0, 0.05) is 20.3 Å². The van der Waals surface area contributed by atoms with E-state index in [9.17, 15) is 9.59 Å². The zero-order valence-electron chi connectivity index (χ0n) is 15.7. The van der Waals surface area contributed by atoms with Crippen molar-refractivity contribution in [3.8, 4) is 5.75 Å². The highest BCUT2D eigenvalue weighted by Gasteiger charge is 2.20. The van der Waals surface area contributed by atoms with E-state index >= 15 is 0 Å². The average Bonchev–Trinajstić information content (AvgIpc) is 2.70. The molecule has 0 saturated carbocycles. The zero-order chi connectivity index (χ0) is 19.5. The van der Waals surface area contributed by atoms with E-state index in [2.05, 4.69) is 10.6 Å². The Morgan fingerprint density at radius 3 is 2.44 bits per heavy atom. The van der Waals surface area contributed by atoms with Crippen LogP contribution in [-0.2, 0) is 9.53 Å². The van der Waals surface area contributed by atoms with Crippen molar-refractivity contribution in [3.05, 3.63) is 60.2 Å². The van der Waals surface area contributed by atoms with Crippen LogP contribution in [0.15, 0.2) is 54.6 Å². The summed E-state index contributed by atoms with van der Waals surface area (Å²) in [6, 6.07) is 16.1. The van der Waals surface area contributed by atoms with Gasteiger partial charge in [-0.1, -0.05) is 37.3 Å². The minimum Gasteiger partial charge on any atom is -0.481 e. The Labute approximate surface area is 159 Å². The van der Waals surface area contributed by atoms with E-state index in [1.54, 1.807) is 43.5 Å². The second-order valence-electron chi connectivity index (χ2n) is 5.96. The molecule has 0 bridgehead atoms. The lowest BCUT2D eigenvalue weighted by atomic mass is 10.1. The fourth-order valence-electron chi connectivity index (χ4n) is 2.50. The van der Waals surface area contributed by atoms with Gasteiger partial charge in [0.25, 0.3) is 11.8 Å². The van der Waals surface area contributed by atoms with Crippen LogP contribution in [0.3, 0.4) is 0 Å². The maximum absolute atomic E-state index is 12.6. The molecule has 1 atom stereocenters. The zero-order valence-corrected chi connectivity index (χ0v) is 15.7. The van der Waals surface area contributed by atoms with Crippen molar-refractivity contribution in [2.45, 2.75) is 25.9 Å². The highest BCUT2D eigenvalue weighted by Crippen LogP contribution is 2.18. The summed E-state index contributed by atoms with van der Waals surface area (Å²) in [7, 11) is 1.62. The number of methoxy groups -OCH3 is 1. The van der Waals surface area contributed by atoms with E-state index in [0.717, 1.165) is 6.42 Å². The molecule has 144 valence electrons. The minimum absolute atomic E-state index is 0.237. The fraction of sp³-hybridized carbons (Fsp3) is 0.333. The molecule has 0 saturated heterocycles. The summed E-state index contributed by atoms with van der Waals surface area (Å²) in [5, 5.41) is 5.64. The van der Waals surface area contributed by atoms with Crippen molar-refractivity contribution in [2.75, 3.05) is 25.6 Å².